The van der Waals surface area contributed by atoms with Gasteiger partial charge in [0.15, 0.2) is 0 Å². The molecule has 0 aliphatic heterocycles. The molecule has 0 aliphatic carbocycles. The van der Waals surface area contributed by atoms with E-state index in [0.717, 1.165) is 24.8 Å². The van der Waals surface area contributed by atoms with E-state index >= 15 is 0 Å². The van der Waals surface area contributed by atoms with Crippen LogP contribution in [0.4, 0.5) is 0 Å². The van der Waals surface area contributed by atoms with E-state index in [2.05, 4.69) is 48.9 Å². The first-order valence-electron chi connectivity index (χ1n) is 6.51. The molecule has 1 aromatic heterocycles. The number of nitrogens with zero attached hydrogens (tertiary/aromatic N) is 2. The van der Waals surface area contributed by atoms with Crippen LogP contribution in [0.15, 0.2) is 12.3 Å². The highest BCUT2D eigenvalue weighted by atomic mass is 32.2. The zero-order chi connectivity index (χ0) is 12.7. The largest absolute Gasteiger partial charge is 0.308 e. The fourth-order valence-electron chi connectivity index (χ4n) is 1.82. The van der Waals surface area contributed by atoms with Crippen molar-refractivity contribution in [3.05, 3.63) is 18.0 Å². The molecule has 0 saturated heterocycles. The summed E-state index contributed by atoms with van der Waals surface area (Å²) in [6, 6.07) is 2.55. The van der Waals surface area contributed by atoms with Crippen LogP contribution in [0.25, 0.3) is 0 Å². The van der Waals surface area contributed by atoms with E-state index in [1.54, 1.807) is 0 Å². The fourth-order valence-corrected chi connectivity index (χ4v) is 2.95. The lowest BCUT2D eigenvalue weighted by Crippen LogP contribution is -2.26. The van der Waals surface area contributed by atoms with Gasteiger partial charge in [0, 0.05) is 18.5 Å². The summed E-state index contributed by atoms with van der Waals surface area (Å²) in [5.41, 5.74) is 1.31. The van der Waals surface area contributed by atoms with Crippen molar-refractivity contribution in [2.75, 3.05) is 18.1 Å². The zero-order valence-electron chi connectivity index (χ0n) is 11.4. The summed E-state index contributed by atoms with van der Waals surface area (Å²) in [6.07, 6.45) is 1.90. The van der Waals surface area contributed by atoms with E-state index in [4.69, 9.17) is 0 Å². The third-order valence-corrected chi connectivity index (χ3v) is 4.06. The van der Waals surface area contributed by atoms with E-state index in [-0.39, 0.29) is 0 Å². The maximum atomic E-state index is 4.35. The molecular formula is C13H25N3S. The van der Waals surface area contributed by atoms with Crippen LogP contribution in [0.5, 0.6) is 0 Å². The van der Waals surface area contributed by atoms with Crippen molar-refractivity contribution in [1.82, 2.24) is 15.1 Å². The molecule has 0 saturated carbocycles. The molecular weight excluding hydrogens is 230 g/mol. The maximum absolute atomic E-state index is 4.35. The second-order valence-corrected chi connectivity index (χ2v) is 5.69. The number of thioether (sulfide) groups is 1. The second kappa shape index (κ2) is 7.77. The summed E-state index contributed by atoms with van der Waals surface area (Å²) < 4.78 is 2.09. The zero-order valence-corrected chi connectivity index (χ0v) is 12.3. The molecule has 1 unspecified atom stereocenters. The van der Waals surface area contributed by atoms with Crippen LogP contribution in [0, 0.1) is 5.92 Å². The Balaban J connectivity index is 2.58. The highest BCUT2D eigenvalue weighted by Gasteiger charge is 2.14. The summed E-state index contributed by atoms with van der Waals surface area (Å²) in [7, 11) is 0. The minimum Gasteiger partial charge on any atom is -0.308 e. The van der Waals surface area contributed by atoms with E-state index in [9.17, 15) is 0 Å². The lowest BCUT2D eigenvalue weighted by atomic mass is 10.2. The lowest BCUT2D eigenvalue weighted by Gasteiger charge is -2.19. The number of aryl methyl sites for hydroxylation is 1. The molecule has 98 valence electrons. The minimum atomic E-state index is 0.422. The van der Waals surface area contributed by atoms with Gasteiger partial charge in [0.25, 0.3) is 0 Å². The Morgan fingerprint density at radius 1 is 1.35 bits per heavy atom. The van der Waals surface area contributed by atoms with Gasteiger partial charge in [-0.1, -0.05) is 20.8 Å². The minimum absolute atomic E-state index is 0.422. The van der Waals surface area contributed by atoms with Crippen molar-refractivity contribution in [3.63, 3.8) is 0 Å². The normalized spacial score (nSPS) is 13.2. The maximum Gasteiger partial charge on any atom is 0.0583 e. The van der Waals surface area contributed by atoms with Crippen LogP contribution in [-0.2, 0) is 6.54 Å². The number of rotatable bonds is 8. The summed E-state index contributed by atoms with van der Waals surface area (Å²) in [4.78, 5) is 0. The molecule has 0 aliphatic rings. The van der Waals surface area contributed by atoms with E-state index in [1.165, 1.54) is 11.4 Å². The number of aromatic nitrogens is 2. The first kappa shape index (κ1) is 14.6. The van der Waals surface area contributed by atoms with Gasteiger partial charge in [-0.3, -0.25) is 4.68 Å². The topological polar surface area (TPSA) is 29.9 Å². The Kier molecular flexibility index (Phi) is 6.66. The Hall–Kier alpha value is -0.480. The summed E-state index contributed by atoms with van der Waals surface area (Å²) in [6.45, 7) is 10.8. The van der Waals surface area contributed by atoms with Crippen LogP contribution in [0.2, 0.25) is 0 Å². The van der Waals surface area contributed by atoms with Crippen molar-refractivity contribution in [2.24, 2.45) is 5.92 Å². The monoisotopic (exact) mass is 255 g/mol. The van der Waals surface area contributed by atoms with E-state index in [1.807, 2.05) is 18.0 Å². The lowest BCUT2D eigenvalue weighted by molar-refractivity contribution is 0.526. The molecule has 17 heavy (non-hydrogen) atoms. The number of hydrogen-bond donors (Lipinski definition) is 1. The van der Waals surface area contributed by atoms with Crippen LogP contribution in [0.3, 0.4) is 0 Å². The Morgan fingerprint density at radius 3 is 2.71 bits per heavy atom. The van der Waals surface area contributed by atoms with Crippen LogP contribution < -0.4 is 5.32 Å². The van der Waals surface area contributed by atoms with Crippen molar-refractivity contribution >= 4 is 11.8 Å². The van der Waals surface area contributed by atoms with Crippen molar-refractivity contribution in [2.45, 2.75) is 40.3 Å². The highest BCUT2D eigenvalue weighted by Crippen LogP contribution is 2.19. The van der Waals surface area contributed by atoms with Gasteiger partial charge in [-0.15, -0.1) is 0 Å². The van der Waals surface area contributed by atoms with Gasteiger partial charge in [-0.25, -0.2) is 0 Å². The van der Waals surface area contributed by atoms with Gasteiger partial charge < -0.3 is 5.32 Å². The van der Waals surface area contributed by atoms with Crippen LogP contribution >= 0.6 is 11.8 Å². The summed E-state index contributed by atoms with van der Waals surface area (Å²) in [5, 5.41) is 7.90. The average Bonchev–Trinajstić information content (AvgIpc) is 2.75. The van der Waals surface area contributed by atoms with E-state index in [0.29, 0.717) is 6.04 Å². The standard InChI is InChI=1S/C13H25N3S/c1-5-14-12(10-17-9-11(3)4)13-7-8-15-16(13)6-2/h7-8,11-12,14H,5-6,9-10H2,1-4H3. The van der Waals surface area contributed by atoms with Gasteiger partial charge in [0.1, 0.15) is 0 Å². The average molecular weight is 255 g/mol. The fraction of sp³-hybridized carbons (Fsp3) is 0.769. The Labute approximate surface area is 109 Å². The SMILES string of the molecule is CCNC(CSCC(C)C)c1ccnn1CC. The van der Waals surface area contributed by atoms with Crippen molar-refractivity contribution in [1.29, 1.82) is 0 Å². The quantitative estimate of drug-likeness (QED) is 0.774. The number of nitrogens with one attached hydrogen (secondary N) is 1. The van der Waals surface area contributed by atoms with Crippen molar-refractivity contribution in [3.8, 4) is 0 Å². The van der Waals surface area contributed by atoms with Gasteiger partial charge >= 0.3 is 0 Å². The second-order valence-electron chi connectivity index (χ2n) is 4.61. The van der Waals surface area contributed by atoms with Crippen LogP contribution in [-0.4, -0.2) is 27.8 Å². The Bertz CT molecular complexity index is 309. The summed E-state index contributed by atoms with van der Waals surface area (Å²) in [5.74, 6) is 3.11. The third-order valence-electron chi connectivity index (χ3n) is 2.59. The van der Waals surface area contributed by atoms with Gasteiger partial charge in [-0.2, -0.15) is 16.9 Å². The molecule has 0 fully saturated rings. The molecule has 1 N–H and O–H groups in total. The summed E-state index contributed by atoms with van der Waals surface area (Å²) >= 11 is 2.02. The molecule has 3 nitrogen and oxygen atoms in total. The molecule has 0 radical (unpaired) electrons. The van der Waals surface area contributed by atoms with Crippen molar-refractivity contribution < 1.29 is 0 Å². The van der Waals surface area contributed by atoms with Crippen LogP contribution in [0.1, 0.15) is 39.4 Å². The molecule has 0 aromatic carbocycles. The Morgan fingerprint density at radius 2 is 2.12 bits per heavy atom. The molecule has 0 spiro atoms. The third kappa shape index (κ3) is 4.72. The van der Waals surface area contributed by atoms with E-state index < -0.39 is 0 Å². The first-order chi connectivity index (χ1) is 8.19. The van der Waals surface area contributed by atoms with Gasteiger partial charge in [0.05, 0.1) is 11.7 Å². The number of hydrogen-bond acceptors (Lipinski definition) is 3. The molecule has 1 aromatic rings. The first-order valence-corrected chi connectivity index (χ1v) is 7.67. The smallest absolute Gasteiger partial charge is 0.0583 e. The molecule has 1 rings (SSSR count). The molecule has 1 atom stereocenters. The molecule has 4 heteroatoms. The van der Waals surface area contributed by atoms with Gasteiger partial charge in [-0.05, 0) is 31.2 Å². The molecule has 0 amide bonds. The predicted molar refractivity (Wildman–Crippen MR) is 76.5 cm³/mol. The molecule has 1 heterocycles. The highest BCUT2D eigenvalue weighted by molar-refractivity contribution is 7.99. The predicted octanol–water partition coefficient (Wildman–Crippen LogP) is 2.94. The van der Waals surface area contributed by atoms with Gasteiger partial charge in [0.2, 0.25) is 0 Å². The molecule has 0 bridgehead atoms.